The highest BCUT2D eigenvalue weighted by atomic mass is 35.5. The van der Waals surface area contributed by atoms with Gasteiger partial charge in [-0.3, -0.25) is 0 Å². The van der Waals surface area contributed by atoms with Crippen LogP contribution < -0.4 is 5.32 Å². The Morgan fingerprint density at radius 3 is 3.24 bits per heavy atom. The molecule has 0 unspecified atom stereocenters. The first-order valence-corrected chi connectivity index (χ1v) is 7.57. The molecule has 1 atom stereocenters. The maximum Gasteiger partial charge on any atom is 0.206 e. The van der Waals surface area contributed by atoms with Gasteiger partial charge in [0.1, 0.15) is 0 Å². The lowest BCUT2D eigenvalue weighted by Gasteiger charge is -2.08. The van der Waals surface area contributed by atoms with Crippen LogP contribution >= 0.6 is 34.7 Å². The molecule has 94 valence electrons. The zero-order valence-corrected chi connectivity index (χ0v) is 11.7. The van der Waals surface area contributed by atoms with Crippen LogP contribution in [0.2, 0.25) is 0 Å². The molecule has 1 fully saturated rings. The molecule has 2 heterocycles. The second-order valence-electron chi connectivity index (χ2n) is 3.69. The number of anilines is 1. The van der Waals surface area contributed by atoms with Gasteiger partial charge in [0.15, 0.2) is 4.34 Å². The molecule has 1 aromatic heterocycles. The Balaban J connectivity index is 1.75. The summed E-state index contributed by atoms with van der Waals surface area (Å²) < 4.78 is 6.42. The number of rotatable bonds is 6. The van der Waals surface area contributed by atoms with E-state index < -0.39 is 0 Å². The van der Waals surface area contributed by atoms with Gasteiger partial charge in [0.05, 0.1) is 6.10 Å². The third-order valence-electron chi connectivity index (χ3n) is 2.26. The van der Waals surface area contributed by atoms with Crippen molar-refractivity contribution in [1.29, 1.82) is 0 Å². The van der Waals surface area contributed by atoms with E-state index in [1.165, 1.54) is 11.3 Å². The van der Waals surface area contributed by atoms with Crippen molar-refractivity contribution >= 4 is 39.8 Å². The zero-order chi connectivity index (χ0) is 12.1. The molecule has 0 amide bonds. The smallest absolute Gasteiger partial charge is 0.206 e. The van der Waals surface area contributed by atoms with E-state index in [0.717, 1.165) is 35.5 Å². The topological polar surface area (TPSA) is 47.0 Å². The van der Waals surface area contributed by atoms with Gasteiger partial charge in [-0.15, -0.1) is 10.2 Å². The first-order valence-electron chi connectivity index (χ1n) is 5.39. The Hall–Kier alpha value is -0.300. The summed E-state index contributed by atoms with van der Waals surface area (Å²) in [6.07, 6.45) is 2.60. The van der Waals surface area contributed by atoms with Crippen LogP contribution in [-0.2, 0) is 4.74 Å². The summed E-state index contributed by atoms with van der Waals surface area (Å²) in [4.78, 5) is 0. The lowest BCUT2D eigenvalue weighted by atomic mass is 10.2. The van der Waals surface area contributed by atoms with Crippen LogP contribution in [0.15, 0.2) is 16.0 Å². The van der Waals surface area contributed by atoms with E-state index in [1.807, 2.05) is 0 Å². The van der Waals surface area contributed by atoms with Crippen LogP contribution in [-0.4, -0.2) is 35.2 Å². The second-order valence-corrected chi connectivity index (χ2v) is 6.43. The molecule has 1 aromatic rings. The summed E-state index contributed by atoms with van der Waals surface area (Å²) >= 11 is 8.77. The van der Waals surface area contributed by atoms with Gasteiger partial charge in [-0.25, -0.2) is 0 Å². The summed E-state index contributed by atoms with van der Waals surface area (Å²) in [5.41, 5.74) is 0. The third kappa shape index (κ3) is 4.46. The molecule has 17 heavy (non-hydrogen) atoms. The highest BCUT2D eigenvalue weighted by Crippen LogP contribution is 2.27. The van der Waals surface area contributed by atoms with Crippen molar-refractivity contribution in [1.82, 2.24) is 10.2 Å². The first-order chi connectivity index (χ1) is 8.24. The van der Waals surface area contributed by atoms with Gasteiger partial charge in [0.2, 0.25) is 5.13 Å². The molecular formula is C10H14ClN3OS2. The molecule has 0 aliphatic carbocycles. The number of thioether (sulfide) groups is 1. The normalized spacial score (nSPS) is 19.5. The maximum atomic E-state index is 5.69. The van der Waals surface area contributed by atoms with Crippen LogP contribution in [0.5, 0.6) is 0 Å². The summed E-state index contributed by atoms with van der Waals surface area (Å²) in [6, 6.07) is 0. The van der Waals surface area contributed by atoms with Crippen molar-refractivity contribution in [3.05, 3.63) is 11.6 Å². The summed E-state index contributed by atoms with van der Waals surface area (Å²) in [7, 11) is 0. The fourth-order valence-corrected chi connectivity index (χ4v) is 3.16. The number of hydrogen-bond donors (Lipinski definition) is 1. The fourth-order valence-electron chi connectivity index (χ4n) is 1.49. The SMILES string of the molecule is C=C(Cl)CSc1nnc(NC[C@H]2CCCO2)s1. The molecule has 4 nitrogen and oxygen atoms in total. The predicted octanol–water partition coefficient (Wildman–Crippen LogP) is 2.97. The van der Waals surface area contributed by atoms with Gasteiger partial charge in [0, 0.05) is 23.9 Å². The molecule has 2 rings (SSSR count). The van der Waals surface area contributed by atoms with E-state index in [2.05, 4.69) is 22.1 Å². The Labute approximate surface area is 114 Å². The minimum absolute atomic E-state index is 0.317. The Kier molecular flexibility index (Phi) is 5.09. The quantitative estimate of drug-likeness (QED) is 0.817. The summed E-state index contributed by atoms with van der Waals surface area (Å²) in [5.74, 6) is 0.669. The molecule has 1 aliphatic rings. The highest BCUT2D eigenvalue weighted by molar-refractivity contribution is 8.01. The van der Waals surface area contributed by atoms with E-state index in [9.17, 15) is 0 Å². The van der Waals surface area contributed by atoms with E-state index in [-0.39, 0.29) is 0 Å². The van der Waals surface area contributed by atoms with Gasteiger partial charge in [-0.1, -0.05) is 41.3 Å². The number of halogens is 1. The second kappa shape index (κ2) is 6.58. The standard InChI is InChI=1S/C10H14ClN3OS2/c1-7(11)6-16-10-14-13-9(17-10)12-5-8-3-2-4-15-8/h8H,1-6H2,(H,12,13)/t8-/m1/s1. The Morgan fingerprint density at radius 2 is 2.53 bits per heavy atom. The number of ether oxygens (including phenoxy) is 1. The molecule has 0 spiro atoms. The molecule has 7 heteroatoms. The van der Waals surface area contributed by atoms with Crippen molar-refractivity contribution in [2.45, 2.75) is 23.3 Å². The Morgan fingerprint density at radius 1 is 1.65 bits per heavy atom. The van der Waals surface area contributed by atoms with Gasteiger partial charge in [-0.05, 0) is 12.8 Å². The maximum absolute atomic E-state index is 5.69. The lowest BCUT2D eigenvalue weighted by molar-refractivity contribution is 0.120. The van der Waals surface area contributed by atoms with Gasteiger partial charge < -0.3 is 10.1 Å². The van der Waals surface area contributed by atoms with Crippen molar-refractivity contribution in [3.8, 4) is 0 Å². The van der Waals surface area contributed by atoms with Crippen LogP contribution in [0.1, 0.15) is 12.8 Å². The Bertz CT molecular complexity index is 379. The zero-order valence-electron chi connectivity index (χ0n) is 9.32. The molecule has 1 N–H and O–H groups in total. The van der Waals surface area contributed by atoms with Crippen molar-refractivity contribution in [2.24, 2.45) is 0 Å². The summed E-state index contributed by atoms with van der Waals surface area (Å²) in [5, 5.41) is 12.8. The monoisotopic (exact) mass is 291 g/mol. The molecule has 0 radical (unpaired) electrons. The van der Waals surface area contributed by atoms with Gasteiger partial charge in [0.25, 0.3) is 0 Å². The molecule has 1 aliphatic heterocycles. The molecule has 1 saturated heterocycles. The van der Waals surface area contributed by atoms with Crippen molar-refractivity contribution in [3.63, 3.8) is 0 Å². The van der Waals surface area contributed by atoms with Crippen LogP contribution in [0.3, 0.4) is 0 Å². The molecule has 0 saturated carbocycles. The van der Waals surface area contributed by atoms with E-state index in [0.29, 0.717) is 16.9 Å². The number of hydrogen-bond acceptors (Lipinski definition) is 6. The van der Waals surface area contributed by atoms with E-state index in [4.69, 9.17) is 16.3 Å². The summed E-state index contributed by atoms with van der Waals surface area (Å²) in [6.45, 7) is 5.32. The average molecular weight is 292 g/mol. The average Bonchev–Trinajstić information content (AvgIpc) is 2.95. The van der Waals surface area contributed by atoms with Crippen LogP contribution in [0, 0.1) is 0 Å². The number of nitrogens with one attached hydrogen (secondary N) is 1. The lowest BCUT2D eigenvalue weighted by Crippen LogP contribution is -2.18. The van der Waals surface area contributed by atoms with Gasteiger partial charge in [-0.2, -0.15) is 0 Å². The first kappa shape index (κ1) is 13.1. The van der Waals surface area contributed by atoms with Crippen molar-refractivity contribution in [2.75, 3.05) is 24.2 Å². The number of nitrogens with zero attached hydrogens (tertiary/aromatic N) is 2. The molecule has 0 aromatic carbocycles. The van der Waals surface area contributed by atoms with E-state index in [1.54, 1.807) is 11.8 Å². The molecule has 0 bridgehead atoms. The van der Waals surface area contributed by atoms with Crippen LogP contribution in [0.25, 0.3) is 0 Å². The fraction of sp³-hybridized carbons (Fsp3) is 0.600. The minimum Gasteiger partial charge on any atom is -0.376 e. The van der Waals surface area contributed by atoms with Crippen LogP contribution in [0.4, 0.5) is 5.13 Å². The third-order valence-corrected chi connectivity index (χ3v) is 4.66. The number of aromatic nitrogens is 2. The minimum atomic E-state index is 0.317. The van der Waals surface area contributed by atoms with E-state index >= 15 is 0 Å². The highest BCUT2D eigenvalue weighted by Gasteiger charge is 2.15. The van der Waals surface area contributed by atoms with Crippen molar-refractivity contribution < 1.29 is 4.74 Å². The predicted molar refractivity (Wildman–Crippen MR) is 73.1 cm³/mol. The molecular weight excluding hydrogens is 278 g/mol. The van der Waals surface area contributed by atoms with Gasteiger partial charge >= 0.3 is 0 Å². The largest absolute Gasteiger partial charge is 0.376 e.